The van der Waals surface area contributed by atoms with Gasteiger partial charge < -0.3 is 14.2 Å². The van der Waals surface area contributed by atoms with Crippen LogP contribution in [0.3, 0.4) is 0 Å². The lowest BCUT2D eigenvalue weighted by atomic mass is 9.86. The number of carbonyl (C=O) groups is 1. The number of methoxy groups -OCH3 is 2. The van der Waals surface area contributed by atoms with Crippen molar-refractivity contribution in [1.29, 1.82) is 0 Å². The number of Topliss-reactive ketones (excluding diaryl/α,β-unsaturated/α-hetero) is 1. The molecule has 4 nitrogen and oxygen atoms in total. The molecule has 0 saturated carbocycles. The Labute approximate surface area is 177 Å². The van der Waals surface area contributed by atoms with Crippen LogP contribution in [0.5, 0.6) is 11.5 Å². The third kappa shape index (κ3) is 5.11. The normalized spacial score (nSPS) is 21.4. The summed E-state index contributed by atoms with van der Waals surface area (Å²) in [6, 6.07) is 3.43. The molecule has 0 spiro atoms. The smallest absolute Gasteiger partial charge is 0.176 e. The van der Waals surface area contributed by atoms with E-state index >= 15 is 0 Å². The summed E-state index contributed by atoms with van der Waals surface area (Å²) in [5.41, 5.74) is 1.23. The molecule has 0 N–H and O–H groups in total. The largest absolute Gasteiger partial charge is 0.493 e. The van der Waals surface area contributed by atoms with Gasteiger partial charge in [-0.05, 0) is 43.2 Å². The average Bonchev–Trinajstić information content (AvgIpc) is 2.67. The van der Waals surface area contributed by atoms with E-state index in [2.05, 4.69) is 6.92 Å². The van der Waals surface area contributed by atoms with Crippen molar-refractivity contribution < 1.29 is 19.0 Å². The number of aryl methyl sites for hydroxylation is 1. The summed E-state index contributed by atoms with van der Waals surface area (Å²) >= 11 is 13.2. The highest BCUT2D eigenvalue weighted by atomic mass is 35.5. The van der Waals surface area contributed by atoms with E-state index in [4.69, 9.17) is 37.4 Å². The van der Waals surface area contributed by atoms with Crippen LogP contribution in [0.25, 0.3) is 0 Å². The zero-order valence-electron chi connectivity index (χ0n) is 16.9. The van der Waals surface area contributed by atoms with Gasteiger partial charge in [-0.2, -0.15) is 0 Å². The Hall–Kier alpha value is -1.49. The van der Waals surface area contributed by atoms with E-state index in [1.54, 1.807) is 37.5 Å². The van der Waals surface area contributed by atoms with Crippen LogP contribution in [0.2, 0.25) is 0 Å². The van der Waals surface area contributed by atoms with Crippen LogP contribution in [-0.4, -0.2) is 31.7 Å². The summed E-state index contributed by atoms with van der Waals surface area (Å²) in [6.45, 7) is 4.46. The monoisotopic (exact) mass is 426 g/mol. The molecule has 154 valence electrons. The Morgan fingerprint density at radius 1 is 1.14 bits per heavy atom. The number of benzene rings is 1. The van der Waals surface area contributed by atoms with Gasteiger partial charge in [0.25, 0.3) is 0 Å². The van der Waals surface area contributed by atoms with Gasteiger partial charge in [0.1, 0.15) is 5.92 Å². The van der Waals surface area contributed by atoms with Gasteiger partial charge in [-0.25, -0.2) is 0 Å². The van der Waals surface area contributed by atoms with Gasteiger partial charge >= 0.3 is 0 Å². The fraction of sp³-hybridized carbons (Fsp3) is 0.500. The molecule has 2 unspecified atom stereocenters. The van der Waals surface area contributed by atoms with Crippen LogP contribution in [0.4, 0.5) is 0 Å². The summed E-state index contributed by atoms with van der Waals surface area (Å²) in [7, 11) is 3.09. The third-order valence-corrected chi connectivity index (χ3v) is 5.63. The van der Waals surface area contributed by atoms with E-state index < -0.39 is 11.0 Å². The number of halogens is 2. The molecule has 0 aliphatic heterocycles. The summed E-state index contributed by atoms with van der Waals surface area (Å²) in [6.07, 6.45) is 9.33. The molecule has 0 amide bonds. The number of unbranched alkanes of at least 4 members (excludes halogenated alkanes) is 3. The number of hydrogen-bond acceptors (Lipinski definition) is 4. The van der Waals surface area contributed by atoms with Crippen molar-refractivity contribution in [2.45, 2.75) is 44.6 Å². The van der Waals surface area contributed by atoms with Gasteiger partial charge in [0.15, 0.2) is 22.3 Å². The van der Waals surface area contributed by atoms with Gasteiger partial charge in [-0.15, -0.1) is 0 Å². The van der Waals surface area contributed by atoms with E-state index in [0.717, 1.165) is 31.2 Å². The minimum absolute atomic E-state index is 0.215. The second-order valence-corrected chi connectivity index (χ2v) is 7.86. The van der Waals surface area contributed by atoms with E-state index in [9.17, 15) is 4.79 Å². The summed E-state index contributed by atoms with van der Waals surface area (Å²) in [5.74, 6) is -0.00831. The molecule has 0 aromatic heterocycles. The fourth-order valence-corrected chi connectivity index (χ4v) is 4.00. The number of allylic oxidation sites excluding steroid dienone is 2. The summed E-state index contributed by atoms with van der Waals surface area (Å²) in [5, 5.41) is -0.959. The molecular weight excluding hydrogens is 399 g/mol. The molecule has 0 radical (unpaired) electrons. The molecule has 6 heteroatoms. The Morgan fingerprint density at radius 2 is 1.82 bits per heavy atom. The third-order valence-electron chi connectivity index (χ3n) is 4.83. The Balaban J connectivity index is 2.30. The highest BCUT2D eigenvalue weighted by molar-refractivity contribution is 6.35. The molecule has 2 atom stereocenters. The van der Waals surface area contributed by atoms with Crippen molar-refractivity contribution >= 4 is 29.0 Å². The second-order valence-electron chi connectivity index (χ2n) is 6.84. The highest BCUT2D eigenvalue weighted by Crippen LogP contribution is 2.42. The lowest BCUT2D eigenvalue weighted by Crippen LogP contribution is -2.40. The SMILES string of the molecule is CCCCCCOC1(Cl)C=CC=C(Cl)C1C(=O)c1cc(OC)c(OC)cc1C. The molecule has 1 aromatic carbocycles. The Bertz CT molecular complexity index is 757. The van der Waals surface area contributed by atoms with Gasteiger partial charge in [0.2, 0.25) is 0 Å². The Morgan fingerprint density at radius 3 is 2.46 bits per heavy atom. The van der Waals surface area contributed by atoms with Crippen molar-refractivity contribution in [2.24, 2.45) is 5.92 Å². The number of carbonyl (C=O) groups excluding carboxylic acids is 1. The van der Waals surface area contributed by atoms with E-state index in [0.29, 0.717) is 28.7 Å². The minimum atomic E-state index is -1.31. The van der Waals surface area contributed by atoms with E-state index in [1.165, 1.54) is 7.11 Å². The van der Waals surface area contributed by atoms with E-state index in [-0.39, 0.29) is 5.78 Å². The number of ketones is 1. The molecule has 0 heterocycles. The average molecular weight is 427 g/mol. The lowest BCUT2D eigenvalue weighted by Gasteiger charge is -2.34. The molecule has 1 aliphatic carbocycles. The van der Waals surface area contributed by atoms with Gasteiger partial charge in [0, 0.05) is 17.2 Å². The van der Waals surface area contributed by atoms with Crippen LogP contribution < -0.4 is 9.47 Å². The number of rotatable bonds is 10. The van der Waals surface area contributed by atoms with Gasteiger partial charge in [-0.3, -0.25) is 4.79 Å². The number of alkyl halides is 1. The van der Waals surface area contributed by atoms with Crippen molar-refractivity contribution in [3.05, 3.63) is 46.5 Å². The van der Waals surface area contributed by atoms with Crippen molar-refractivity contribution in [2.75, 3.05) is 20.8 Å². The molecular formula is C22H28Cl2O4. The first-order chi connectivity index (χ1) is 13.4. The van der Waals surface area contributed by atoms with Crippen LogP contribution in [0.1, 0.15) is 48.5 Å². The maximum atomic E-state index is 13.4. The maximum absolute atomic E-state index is 13.4. The molecule has 0 fully saturated rings. The number of hydrogen-bond donors (Lipinski definition) is 0. The minimum Gasteiger partial charge on any atom is -0.493 e. The Kier molecular flexibility index (Phi) is 8.41. The topological polar surface area (TPSA) is 44.8 Å². The number of ether oxygens (including phenoxy) is 3. The van der Waals surface area contributed by atoms with Crippen molar-refractivity contribution in [1.82, 2.24) is 0 Å². The van der Waals surface area contributed by atoms with E-state index in [1.807, 2.05) is 6.92 Å². The molecule has 2 rings (SSSR count). The maximum Gasteiger partial charge on any atom is 0.176 e. The van der Waals surface area contributed by atoms with Crippen LogP contribution in [0, 0.1) is 12.8 Å². The first-order valence-corrected chi connectivity index (χ1v) is 10.3. The quantitative estimate of drug-likeness (QED) is 0.260. The fourth-order valence-electron chi connectivity index (χ4n) is 3.25. The second kappa shape index (κ2) is 10.3. The van der Waals surface area contributed by atoms with Crippen molar-refractivity contribution in [3.8, 4) is 11.5 Å². The molecule has 1 aromatic rings. The molecule has 28 heavy (non-hydrogen) atoms. The first kappa shape index (κ1) is 22.8. The zero-order valence-corrected chi connectivity index (χ0v) is 18.4. The first-order valence-electron chi connectivity index (χ1n) is 9.52. The van der Waals surface area contributed by atoms with Gasteiger partial charge in [-0.1, -0.05) is 55.5 Å². The van der Waals surface area contributed by atoms with Crippen molar-refractivity contribution in [3.63, 3.8) is 0 Å². The molecule has 0 saturated heterocycles. The highest BCUT2D eigenvalue weighted by Gasteiger charge is 2.44. The predicted octanol–water partition coefficient (Wildman–Crippen LogP) is 6.04. The predicted molar refractivity (Wildman–Crippen MR) is 114 cm³/mol. The van der Waals surface area contributed by atoms with Crippen LogP contribution in [0.15, 0.2) is 35.4 Å². The van der Waals surface area contributed by atoms with Crippen LogP contribution >= 0.6 is 23.2 Å². The molecule has 1 aliphatic rings. The van der Waals surface area contributed by atoms with Gasteiger partial charge in [0.05, 0.1) is 14.2 Å². The summed E-state index contributed by atoms with van der Waals surface area (Å²) < 4.78 is 16.6. The zero-order chi connectivity index (χ0) is 20.7. The van der Waals surface area contributed by atoms with Crippen LogP contribution in [-0.2, 0) is 4.74 Å². The molecule has 0 bridgehead atoms. The lowest BCUT2D eigenvalue weighted by molar-refractivity contribution is 0.0213. The summed E-state index contributed by atoms with van der Waals surface area (Å²) in [4.78, 5) is 13.4. The standard InChI is InChI=1S/C22H28Cl2O4/c1-5-6-7-8-12-28-22(24)11-9-10-17(23)20(22)21(25)16-14-19(27-4)18(26-3)13-15(16)2/h9-11,13-14,20H,5-8,12H2,1-4H3.